The average molecular weight is 325 g/mol. The van der Waals surface area contributed by atoms with Crippen molar-refractivity contribution in [3.05, 3.63) is 28.7 Å². The highest BCUT2D eigenvalue weighted by molar-refractivity contribution is 9.10. The second kappa shape index (κ2) is 5.17. The fourth-order valence-electron chi connectivity index (χ4n) is 3.29. The van der Waals surface area contributed by atoms with E-state index in [1.807, 2.05) is 24.3 Å². The van der Waals surface area contributed by atoms with Crippen LogP contribution in [0.2, 0.25) is 0 Å². The first-order valence-corrected chi connectivity index (χ1v) is 7.74. The summed E-state index contributed by atoms with van der Waals surface area (Å²) in [6, 6.07) is 8.68. The number of hydrogen-bond acceptors (Lipinski definition) is 1. The highest BCUT2D eigenvalue weighted by Crippen LogP contribution is 2.44. The number of fused-ring (bicyclic) bond motifs is 2. The first-order valence-electron chi connectivity index (χ1n) is 6.54. The number of hydrogen-bond donors (Lipinski definition) is 2. The molecule has 0 aromatic heterocycles. The van der Waals surface area contributed by atoms with Gasteiger partial charge >= 0.3 is 0 Å². The molecule has 0 saturated heterocycles. The lowest BCUT2D eigenvalue weighted by Gasteiger charge is -2.24. The lowest BCUT2D eigenvalue weighted by molar-refractivity contribution is 0.392. The number of anilines is 1. The Labute approximate surface area is 122 Å². The first-order chi connectivity index (χ1) is 8.70. The van der Waals surface area contributed by atoms with Crippen molar-refractivity contribution in [2.45, 2.75) is 31.7 Å². The van der Waals surface area contributed by atoms with Gasteiger partial charge < -0.3 is 10.6 Å². The van der Waals surface area contributed by atoms with Crippen LogP contribution in [0.15, 0.2) is 28.7 Å². The van der Waals surface area contributed by atoms with Crippen LogP contribution in [0.4, 0.5) is 5.69 Å². The SMILES string of the molecule is S=C(Nc1ccc(Br)cc1)N[C@H]1C[C@H]2CC[C@H]1C2. The predicted molar refractivity (Wildman–Crippen MR) is 82.7 cm³/mol. The minimum Gasteiger partial charge on any atom is -0.359 e. The summed E-state index contributed by atoms with van der Waals surface area (Å²) in [7, 11) is 0. The molecule has 1 aromatic carbocycles. The van der Waals surface area contributed by atoms with Gasteiger partial charge in [-0.2, -0.15) is 0 Å². The molecule has 2 bridgehead atoms. The third-order valence-electron chi connectivity index (χ3n) is 4.16. The molecule has 2 nitrogen and oxygen atoms in total. The average Bonchev–Trinajstić information content (AvgIpc) is 2.94. The van der Waals surface area contributed by atoms with Crippen molar-refractivity contribution in [1.82, 2.24) is 5.32 Å². The number of rotatable bonds is 2. The zero-order chi connectivity index (χ0) is 12.5. The third kappa shape index (κ3) is 2.69. The van der Waals surface area contributed by atoms with Gasteiger partial charge in [-0.3, -0.25) is 0 Å². The van der Waals surface area contributed by atoms with Crippen LogP contribution in [0.3, 0.4) is 0 Å². The Morgan fingerprint density at radius 2 is 1.94 bits per heavy atom. The van der Waals surface area contributed by atoms with Crippen molar-refractivity contribution in [2.75, 3.05) is 5.32 Å². The maximum atomic E-state index is 5.39. The van der Waals surface area contributed by atoms with E-state index in [-0.39, 0.29) is 0 Å². The van der Waals surface area contributed by atoms with E-state index in [1.54, 1.807) is 0 Å². The van der Waals surface area contributed by atoms with Gasteiger partial charge in [-0.1, -0.05) is 22.4 Å². The first kappa shape index (κ1) is 12.4. The van der Waals surface area contributed by atoms with E-state index in [9.17, 15) is 0 Å². The summed E-state index contributed by atoms with van der Waals surface area (Å²) >= 11 is 8.82. The van der Waals surface area contributed by atoms with E-state index in [0.717, 1.165) is 27.1 Å². The number of nitrogens with one attached hydrogen (secondary N) is 2. The largest absolute Gasteiger partial charge is 0.359 e. The van der Waals surface area contributed by atoms with Crippen LogP contribution in [0, 0.1) is 11.8 Å². The second-order valence-corrected chi connectivity index (χ2v) is 6.71. The summed E-state index contributed by atoms with van der Waals surface area (Å²) in [5.74, 6) is 1.79. The monoisotopic (exact) mass is 324 g/mol. The van der Waals surface area contributed by atoms with E-state index >= 15 is 0 Å². The molecule has 2 N–H and O–H groups in total. The van der Waals surface area contributed by atoms with Crippen molar-refractivity contribution in [3.63, 3.8) is 0 Å². The maximum absolute atomic E-state index is 5.39. The molecular formula is C14H17BrN2S. The molecule has 2 aliphatic carbocycles. The normalized spacial score (nSPS) is 29.3. The molecule has 0 radical (unpaired) electrons. The van der Waals surface area contributed by atoms with Crippen molar-refractivity contribution >= 4 is 38.9 Å². The van der Waals surface area contributed by atoms with Crippen LogP contribution in [-0.4, -0.2) is 11.2 Å². The van der Waals surface area contributed by atoms with Crippen molar-refractivity contribution in [2.24, 2.45) is 11.8 Å². The topological polar surface area (TPSA) is 24.1 Å². The van der Waals surface area contributed by atoms with Gasteiger partial charge in [0.1, 0.15) is 0 Å². The Morgan fingerprint density at radius 3 is 2.56 bits per heavy atom. The Hall–Kier alpha value is -0.610. The molecule has 4 heteroatoms. The Balaban J connectivity index is 1.54. The zero-order valence-electron chi connectivity index (χ0n) is 10.2. The van der Waals surface area contributed by atoms with Gasteiger partial charge in [0.15, 0.2) is 5.11 Å². The summed E-state index contributed by atoms with van der Waals surface area (Å²) in [4.78, 5) is 0. The van der Waals surface area contributed by atoms with Crippen LogP contribution in [0.25, 0.3) is 0 Å². The summed E-state index contributed by atoms with van der Waals surface area (Å²) in [6.07, 6.45) is 5.50. The van der Waals surface area contributed by atoms with Crippen LogP contribution in [0.5, 0.6) is 0 Å². The molecular weight excluding hydrogens is 308 g/mol. The molecule has 18 heavy (non-hydrogen) atoms. The summed E-state index contributed by atoms with van der Waals surface area (Å²) < 4.78 is 1.08. The summed E-state index contributed by atoms with van der Waals surface area (Å²) in [5.41, 5.74) is 1.04. The van der Waals surface area contributed by atoms with Crippen molar-refractivity contribution in [3.8, 4) is 0 Å². The molecule has 2 saturated carbocycles. The molecule has 0 unspecified atom stereocenters. The molecule has 0 spiro atoms. The Bertz CT molecular complexity index is 446. The molecule has 2 fully saturated rings. The standard InChI is InChI=1S/C14H17BrN2S/c15-11-3-5-12(6-4-11)16-14(18)17-13-8-9-1-2-10(13)7-9/h3-6,9-10,13H,1-2,7-8H2,(H2,16,17,18)/t9-,10-,13-/m0/s1. The second-order valence-electron chi connectivity index (χ2n) is 5.39. The van der Waals surface area contributed by atoms with Gasteiger partial charge in [-0.25, -0.2) is 0 Å². The van der Waals surface area contributed by atoms with Crippen LogP contribution in [0.1, 0.15) is 25.7 Å². The zero-order valence-corrected chi connectivity index (χ0v) is 12.6. The molecule has 2 aliphatic rings. The van der Waals surface area contributed by atoms with Gasteiger partial charge in [0.25, 0.3) is 0 Å². The molecule has 1 aromatic rings. The van der Waals surface area contributed by atoms with E-state index in [4.69, 9.17) is 12.2 Å². The summed E-state index contributed by atoms with van der Waals surface area (Å²) in [6.45, 7) is 0. The highest BCUT2D eigenvalue weighted by atomic mass is 79.9. The highest BCUT2D eigenvalue weighted by Gasteiger charge is 2.39. The minimum atomic E-state index is 0.596. The van der Waals surface area contributed by atoms with E-state index in [0.29, 0.717) is 6.04 Å². The quantitative estimate of drug-likeness (QED) is 0.806. The fourth-order valence-corrected chi connectivity index (χ4v) is 3.82. The number of benzene rings is 1. The van der Waals surface area contributed by atoms with Gasteiger partial charge in [-0.05, 0) is 67.6 Å². The molecule has 96 valence electrons. The molecule has 0 amide bonds. The predicted octanol–water partition coefficient (Wildman–Crippen LogP) is 3.92. The minimum absolute atomic E-state index is 0.596. The van der Waals surface area contributed by atoms with Crippen LogP contribution < -0.4 is 10.6 Å². The van der Waals surface area contributed by atoms with Gasteiger partial charge in [0.2, 0.25) is 0 Å². The third-order valence-corrected chi connectivity index (χ3v) is 4.91. The van der Waals surface area contributed by atoms with Crippen LogP contribution in [-0.2, 0) is 0 Å². The number of thiocarbonyl (C=S) groups is 1. The van der Waals surface area contributed by atoms with Crippen molar-refractivity contribution in [1.29, 1.82) is 0 Å². The van der Waals surface area contributed by atoms with Gasteiger partial charge in [0.05, 0.1) is 0 Å². The van der Waals surface area contributed by atoms with Gasteiger partial charge in [0, 0.05) is 16.2 Å². The summed E-state index contributed by atoms with van der Waals surface area (Å²) in [5, 5.41) is 7.50. The molecule has 0 heterocycles. The Kier molecular flexibility index (Phi) is 3.57. The van der Waals surface area contributed by atoms with E-state index in [2.05, 4.69) is 26.6 Å². The molecule has 0 aliphatic heterocycles. The smallest absolute Gasteiger partial charge is 0.171 e. The lowest BCUT2D eigenvalue weighted by atomic mass is 9.96. The fraction of sp³-hybridized carbons (Fsp3) is 0.500. The molecule has 3 rings (SSSR count). The number of halogens is 1. The van der Waals surface area contributed by atoms with E-state index in [1.165, 1.54) is 25.7 Å². The van der Waals surface area contributed by atoms with E-state index < -0.39 is 0 Å². The van der Waals surface area contributed by atoms with Crippen molar-refractivity contribution < 1.29 is 0 Å². The maximum Gasteiger partial charge on any atom is 0.171 e. The molecule has 3 atom stereocenters. The lowest BCUT2D eigenvalue weighted by Crippen LogP contribution is -2.40. The Morgan fingerprint density at radius 1 is 1.17 bits per heavy atom. The van der Waals surface area contributed by atoms with Gasteiger partial charge in [-0.15, -0.1) is 0 Å². The van der Waals surface area contributed by atoms with Crippen LogP contribution >= 0.6 is 28.1 Å².